The number of likely N-dealkylation sites (tertiary alicyclic amines) is 1. The zero-order valence-electron chi connectivity index (χ0n) is 12.1. The first-order valence-electron chi connectivity index (χ1n) is 7.28. The lowest BCUT2D eigenvalue weighted by Gasteiger charge is -2.24. The fourth-order valence-electron chi connectivity index (χ4n) is 3.06. The molecular formula is C16H20FN3O. The van der Waals surface area contributed by atoms with Gasteiger partial charge < -0.3 is 5.11 Å². The van der Waals surface area contributed by atoms with Crippen LogP contribution < -0.4 is 0 Å². The number of β-amino-alcohol motifs (C(OH)–C–C–N with tert-alkyl or cyclic N) is 1. The highest BCUT2D eigenvalue weighted by atomic mass is 19.1. The summed E-state index contributed by atoms with van der Waals surface area (Å²) >= 11 is 0. The van der Waals surface area contributed by atoms with Crippen LogP contribution in [0.4, 0.5) is 4.39 Å². The average molecular weight is 289 g/mol. The van der Waals surface area contributed by atoms with Gasteiger partial charge in [0.25, 0.3) is 0 Å². The highest BCUT2D eigenvalue weighted by Gasteiger charge is 2.31. The van der Waals surface area contributed by atoms with Crippen molar-refractivity contribution < 1.29 is 9.50 Å². The average Bonchev–Trinajstić information content (AvgIpc) is 3.03. The second kappa shape index (κ2) is 5.95. The molecule has 2 aromatic rings. The maximum absolute atomic E-state index is 13.1. The number of rotatable bonds is 4. The predicted molar refractivity (Wildman–Crippen MR) is 78.2 cm³/mol. The molecule has 0 amide bonds. The van der Waals surface area contributed by atoms with Crippen LogP contribution in [-0.4, -0.2) is 39.0 Å². The Hall–Kier alpha value is -1.72. The molecule has 0 bridgehead atoms. The Morgan fingerprint density at radius 1 is 1.29 bits per heavy atom. The first kappa shape index (κ1) is 14.2. The molecule has 1 aliphatic rings. The molecule has 1 N–H and O–H groups in total. The fraction of sp³-hybridized carbons (Fsp3) is 0.438. The minimum absolute atomic E-state index is 0.161. The third kappa shape index (κ3) is 3.14. The number of hydrogen-bond donors (Lipinski definition) is 1. The van der Waals surface area contributed by atoms with Gasteiger partial charge in [0.2, 0.25) is 0 Å². The van der Waals surface area contributed by atoms with Gasteiger partial charge in [0.1, 0.15) is 5.82 Å². The lowest BCUT2D eigenvalue weighted by atomic mass is 10.0. The van der Waals surface area contributed by atoms with E-state index in [0.29, 0.717) is 13.0 Å². The quantitative estimate of drug-likeness (QED) is 0.935. The predicted octanol–water partition coefficient (Wildman–Crippen LogP) is 1.91. The van der Waals surface area contributed by atoms with E-state index in [1.165, 1.54) is 17.8 Å². The molecule has 1 fully saturated rings. The van der Waals surface area contributed by atoms with Gasteiger partial charge in [0.05, 0.1) is 6.10 Å². The van der Waals surface area contributed by atoms with Gasteiger partial charge >= 0.3 is 0 Å². The molecule has 0 aliphatic carbocycles. The summed E-state index contributed by atoms with van der Waals surface area (Å²) in [5.41, 5.74) is 2.24. The number of hydrogen-bond acceptors (Lipinski definition) is 3. The molecule has 1 saturated heterocycles. The molecule has 21 heavy (non-hydrogen) atoms. The van der Waals surface area contributed by atoms with Crippen LogP contribution in [0.5, 0.6) is 0 Å². The molecule has 3 rings (SSSR count). The van der Waals surface area contributed by atoms with Gasteiger partial charge in [-0.05, 0) is 30.2 Å². The molecular weight excluding hydrogens is 269 g/mol. The number of nitrogens with zero attached hydrogens (tertiary/aromatic N) is 3. The van der Waals surface area contributed by atoms with Crippen LogP contribution in [-0.2, 0) is 13.5 Å². The Bertz CT molecular complexity index is 596. The van der Waals surface area contributed by atoms with E-state index in [1.54, 1.807) is 6.20 Å². The summed E-state index contributed by atoms with van der Waals surface area (Å²) in [5.74, 6) is -0.223. The number of halogens is 1. The molecule has 2 atom stereocenters. The van der Waals surface area contributed by atoms with Gasteiger partial charge in [-0.15, -0.1) is 0 Å². The molecule has 4 nitrogen and oxygen atoms in total. The lowest BCUT2D eigenvalue weighted by Crippen LogP contribution is -2.27. The van der Waals surface area contributed by atoms with Crippen molar-refractivity contribution in [1.29, 1.82) is 0 Å². The number of aryl methyl sites for hydroxylation is 1. The van der Waals surface area contributed by atoms with Crippen LogP contribution in [0.15, 0.2) is 36.5 Å². The Morgan fingerprint density at radius 2 is 2.05 bits per heavy atom. The third-order valence-electron chi connectivity index (χ3n) is 4.21. The summed E-state index contributed by atoms with van der Waals surface area (Å²) in [5, 5.41) is 14.1. The van der Waals surface area contributed by atoms with Gasteiger partial charge in [0.15, 0.2) is 0 Å². The Morgan fingerprint density at radius 3 is 2.71 bits per heavy atom. The van der Waals surface area contributed by atoms with Crippen LogP contribution in [0.3, 0.4) is 0 Å². The largest absolute Gasteiger partial charge is 0.392 e. The second-order valence-corrected chi connectivity index (χ2v) is 5.65. The summed E-state index contributed by atoms with van der Waals surface area (Å²) in [4.78, 5) is 2.27. The van der Waals surface area contributed by atoms with E-state index in [0.717, 1.165) is 18.5 Å². The SMILES string of the molecule is Cn1nccc1CCN1C[C@H](O)C[C@H]1c1ccc(F)cc1. The minimum Gasteiger partial charge on any atom is -0.392 e. The molecule has 5 heteroatoms. The molecule has 0 unspecified atom stereocenters. The standard InChI is InChI=1S/C16H20FN3O/c1-19-14(6-8-18-19)7-9-20-11-15(21)10-16(20)12-2-4-13(17)5-3-12/h2-6,8,15-16,21H,7,9-11H2,1H3/t15-,16+/m1/s1. The van der Waals surface area contributed by atoms with Crippen molar-refractivity contribution >= 4 is 0 Å². The van der Waals surface area contributed by atoms with E-state index >= 15 is 0 Å². The number of aromatic nitrogens is 2. The molecule has 2 heterocycles. The van der Waals surface area contributed by atoms with Gasteiger partial charge in [-0.2, -0.15) is 5.10 Å². The molecule has 1 aromatic heterocycles. The highest BCUT2D eigenvalue weighted by molar-refractivity contribution is 5.21. The van der Waals surface area contributed by atoms with Crippen molar-refractivity contribution in [1.82, 2.24) is 14.7 Å². The smallest absolute Gasteiger partial charge is 0.123 e. The molecule has 0 spiro atoms. The van der Waals surface area contributed by atoms with Crippen LogP contribution >= 0.6 is 0 Å². The third-order valence-corrected chi connectivity index (χ3v) is 4.21. The van der Waals surface area contributed by atoms with Crippen molar-refractivity contribution in [3.63, 3.8) is 0 Å². The minimum atomic E-state index is -0.313. The summed E-state index contributed by atoms with van der Waals surface area (Å²) in [6.45, 7) is 1.53. The number of benzene rings is 1. The summed E-state index contributed by atoms with van der Waals surface area (Å²) < 4.78 is 14.9. The highest BCUT2D eigenvalue weighted by Crippen LogP contribution is 2.32. The molecule has 1 aliphatic heterocycles. The maximum atomic E-state index is 13.1. The van der Waals surface area contributed by atoms with Gasteiger partial charge in [-0.3, -0.25) is 9.58 Å². The van der Waals surface area contributed by atoms with Crippen LogP contribution in [0.1, 0.15) is 23.7 Å². The zero-order chi connectivity index (χ0) is 14.8. The van der Waals surface area contributed by atoms with E-state index < -0.39 is 0 Å². The lowest BCUT2D eigenvalue weighted by molar-refractivity contribution is 0.175. The molecule has 0 saturated carbocycles. The Balaban J connectivity index is 1.70. The molecule has 112 valence electrons. The molecule has 1 aromatic carbocycles. The summed E-state index contributed by atoms with van der Waals surface area (Å²) in [6.07, 6.45) is 3.08. The normalized spacial score (nSPS) is 22.8. The van der Waals surface area contributed by atoms with Gasteiger partial charge in [0, 0.05) is 44.5 Å². The molecule has 0 radical (unpaired) electrons. The topological polar surface area (TPSA) is 41.3 Å². The first-order chi connectivity index (χ1) is 10.1. The summed E-state index contributed by atoms with van der Waals surface area (Å²) in [7, 11) is 1.94. The first-order valence-corrected chi connectivity index (χ1v) is 7.28. The second-order valence-electron chi connectivity index (χ2n) is 5.65. The van der Waals surface area contributed by atoms with E-state index in [4.69, 9.17) is 0 Å². The zero-order valence-corrected chi connectivity index (χ0v) is 12.1. The fourth-order valence-corrected chi connectivity index (χ4v) is 3.06. The maximum Gasteiger partial charge on any atom is 0.123 e. The van der Waals surface area contributed by atoms with Crippen LogP contribution in [0.25, 0.3) is 0 Å². The Kier molecular flexibility index (Phi) is 4.03. The van der Waals surface area contributed by atoms with E-state index in [2.05, 4.69) is 10.00 Å². The van der Waals surface area contributed by atoms with Gasteiger partial charge in [-0.25, -0.2) is 4.39 Å². The van der Waals surface area contributed by atoms with Crippen molar-refractivity contribution in [2.75, 3.05) is 13.1 Å². The van der Waals surface area contributed by atoms with E-state index in [9.17, 15) is 9.50 Å². The summed E-state index contributed by atoms with van der Waals surface area (Å²) in [6, 6.07) is 8.77. The van der Waals surface area contributed by atoms with Crippen LogP contribution in [0, 0.1) is 5.82 Å². The Labute approximate surface area is 123 Å². The van der Waals surface area contributed by atoms with Crippen molar-refractivity contribution in [2.24, 2.45) is 7.05 Å². The van der Waals surface area contributed by atoms with E-state index in [-0.39, 0.29) is 18.0 Å². The monoisotopic (exact) mass is 289 g/mol. The van der Waals surface area contributed by atoms with Gasteiger partial charge in [-0.1, -0.05) is 12.1 Å². The van der Waals surface area contributed by atoms with Crippen molar-refractivity contribution in [3.05, 3.63) is 53.6 Å². The van der Waals surface area contributed by atoms with Crippen LogP contribution in [0.2, 0.25) is 0 Å². The van der Waals surface area contributed by atoms with Crippen molar-refractivity contribution in [2.45, 2.75) is 25.0 Å². The number of aliphatic hydroxyl groups is 1. The van der Waals surface area contributed by atoms with E-state index in [1.807, 2.05) is 29.9 Å². The van der Waals surface area contributed by atoms with Crippen molar-refractivity contribution in [3.8, 4) is 0 Å². The number of aliphatic hydroxyl groups excluding tert-OH is 1.